The molecule has 31 heavy (non-hydrogen) atoms. The summed E-state index contributed by atoms with van der Waals surface area (Å²) in [6.07, 6.45) is 9.79. The van der Waals surface area contributed by atoms with Crippen LogP contribution in [0.1, 0.15) is 53.4 Å². The van der Waals surface area contributed by atoms with E-state index in [-0.39, 0.29) is 11.9 Å². The number of pyridine rings is 1. The number of carbonyl (C=O) groups is 1. The molecule has 2 aromatic heterocycles. The summed E-state index contributed by atoms with van der Waals surface area (Å²) in [5.41, 5.74) is 6.09. The number of hydrogen-bond acceptors (Lipinski definition) is 3. The lowest BCUT2D eigenvalue weighted by Gasteiger charge is -2.40. The maximum Gasteiger partial charge on any atom is 0.254 e. The molecule has 3 heterocycles. The van der Waals surface area contributed by atoms with Crippen LogP contribution in [-0.2, 0) is 13.5 Å². The molecule has 0 radical (unpaired) electrons. The summed E-state index contributed by atoms with van der Waals surface area (Å²) in [5, 5.41) is 4.31. The first kappa shape index (κ1) is 21.3. The minimum Gasteiger partial charge on any atom is -0.335 e. The summed E-state index contributed by atoms with van der Waals surface area (Å²) in [6, 6.07) is 10.6. The van der Waals surface area contributed by atoms with Crippen LogP contribution in [0.15, 0.2) is 48.9 Å². The minimum atomic E-state index is 0.135. The monoisotopic (exact) mass is 416 g/mol. The van der Waals surface area contributed by atoms with Gasteiger partial charge in [-0.2, -0.15) is 5.10 Å². The van der Waals surface area contributed by atoms with Crippen molar-refractivity contribution >= 4 is 5.91 Å². The van der Waals surface area contributed by atoms with E-state index < -0.39 is 0 Å². The molecule has 1 aliphatic heterocycles. The fourth-order valence-corrected chi connectivity index (χ4v) is 4.69. The predicted molar refractivity (Wildman–Crippen MR) is 124 cm³/mol. The largest absolute Gasteiger partial charge is 0.335 e. The van der Waals surface area contributed by atoms with E-state index in [1.165, 1.54) is 12.0 Å². The summed E-state index contributed by atoms with van der Waals surface area (Å²) in [6.45, 7) is 7.20. The van der Waals surface area contributed by atoms with E-state index in [0.717, 1.165) is 53.8 Å². The Hall–Kier alpha value is -2.95. The third kappa shape index (κ3) is 4.71. The van der Waals surface area contributed by atoms with Crippen LogP contribution in [0.3, 0.4) is 0 Å². The molecular formula is C26H32N4O. The van der Waals surface area contributed by atoms with Gasteiger partial charge in [0.05, 0.1) is 6.20 Å². The zero-order chi connectivity index (χ0) is 22.0. The van der Waals surface area contributed by atoms with Gasteiger partial charge < -0.3 is 4.90 Å². The first-order chi connectivity index (χ1) is 14.9. The number of likely N-dealkylation sites (tertiary alicyclic amines) is 1. The molecule has 1 aliphatic rings. The maximum absolute atomic E-state index is 13.8. The van der Waals surface area contributed by atoms with Crippen LogP contribution < -0.4 is 0 Å². The maximum atomic E-state index is 13.8. The number of benzene rings is 1. The van der Waals surface area contributed by atoms with E-state index in [0.29, 0.717) is 5.92 Å². The molecule has 1 aromatic carbocycles. The molecule has 1 saturated heterocycles. The van der Waals surface area contributed by atoms with Gasteiger partial charge in [-0.25, -0.2) is 0 Å². The van der Waals surface area contributed by atoms with E-state index >= 15 is 0 Å². The normalized spacial score (nSPS) is 18.9. The zero-order valence-electron chi connectivity index (χ0n) is 19.0. The number of aryl methyl sites for hydroxylation is 4. The van der Waals surface area contributed by atoms with E-state index in [1.54, 1.807) is 4.68 Å². The van der Waals surface area contributed by atoms with Crippen LogP contribution in [0, 0.1) is 19.8 Å². The van der Waals surface area contributed by atoms with E-state index in [4.69, 9.17) is 0 Å². The van der Waals surface area contributed by atoms with E-state index in [2.05, 4.69) is 53.1 Å². The van der Waals surface area contributed by atoms with E-state index in [1.807, 2.05) is 38.6 Å². The average molecular weight is 417 g/mol. The van der Waals surface area contributed by atoms with Crippen LogP contribution in [0.5, 0.6) is 0 Å². The molecule has 0 unspecified atom stereocenters. The van der Waals surface area contributed by atoms with Crippen molar-refractivity contribution in [1.82, 2.24) is 19.7 Å². The van der Waals surface area contributed by atoms with Crippen LogP contribution in [0.25, 0.3) is 11.1 Å². The van der Waals surface area contributed by atoms with Gasteiger partial charge in [-0.3, -0.25) is 14.5 Å². The van der Waals surface area contributed by atoms with E-state index in [9.17, 15) is 4.79 Å². The first-order valence-electron chi connectivity index (χ1n) is 11.2. The lowest BCUT2D eigenvalue weighted by Crippen LogP contribution is -2.48. The van der Waals surface area contributed by atoms with Crippen molar-refractivity contribution in [3.05, 3.63) is 71.3 Å². The Kier molecular flexibility index (Phi) is 6.21. The zero-order valence-corrected chi connectivity index (χ0v) is 19.0. The Morgan fingerprint density at radius 3 is 2.65 bits per heavy atom. The molecule has 0 bridgehead atoms. The number of rotatable bonds is 5. The van der Waals surface area contributed by atoms with Gasteiger partial charge in [-0.05, 0) is 68.7 Å². The quantitative estimate of drug-likeness (QED) is 0.590. The molecule has 0 spiro atoms. The van der Waals surface area contributed by atoms with Crippen LogP contribution in [0.2, 0.25) is 0 Å². The fourth-order valence-electron chi connectivity index (χ4n) is 4.69. The molecule has 2 atom stereocenters. The third-order valence-electron chi connectivity index (χ3n) is 6.47. The summed E-state index contributed by atoms with van der Waals surface area (Å²) < 4.78 is 1.78. The number of amides is 1. The SMILES string of the molecule is Cc1ccc(CC[C@@H]2[C@H](C)CCCN2C(=O)c2cc(C)ccc2-c2cnn(C)c2)nc1. The summed E-state index contributed by atoms with van der Waals surface area (Å²) in [4.78, 5) is 20.5. The molecule has 5 nitrogen and oxygen atoms in total. The highest BCUT2D eigenvalue weighted by atomic mass is 16.2. The molecule has 3 aromatic rings. The third-order valence-corrected chi connectivity index (χ3v) is 6.47. The lowest BCUT2D eigenvalue weighted by molar-refractivity contribution is 0.0499. The highest BCUT2D eigenvalue weighted by molar-refractivity contribution is 6.01. The van der Waals surface area contributed by atoms with Crippen LogP contribution in [-0.4, -0.2) is 38.2 Å². The minimum absolute atomic E-state index is 0.135. The highest BCUT2D eigenvalue weighted by Crippen LogP contribution is 2.31. The number of aromatic nitrogens is 3. The van der Waals surface area contributed by atoms with Crippen molar-refractivity contribution in [2.45, 2.75) is 52.5 Å². The van der Waals surface area contributed by atoms with Crippen molar-refractivity contribution in [3.8, 4) is 11.1 Å². The molecule has 162 valence electrons. The van der Waals surface area contributed by atoms with Gasteiger partial charge in [-0.15, -0.1) is 0 Å². The van der Waals surface area contributed by atoms with Gasteiger partial charge in [0.25, 0.3) is 5.91 Å². The highest BCUT2D eigenvalue weighted by Gasteiger charge is 2.33. The molecule has 4 rings (SSSR count). The summed E-state index contributed by atoms with van der Waals surface area (Å²) >= 11 is 0. The fraction of sp³-hybridized carbons (Fsp3) is 0.423. The molecule has 0 saturated carbocycles. The predicted octanol–water partition coefficient (Wildman–Crippen LogP) is 4.97. The number of piperidine rings is 1. The Morgan fingerprint density at radius 1 is 1.13 bits per heavy atom. The van der Waals surface area contributed by atoms with Crippen molar-refractivity contribution < 1.29 is 4.79 Å². The van der Waals surface area contributed by atoms with Gasteiger partial charge in [-0.1, -0.05) is 30.7 Å². The van der Waals surface area contributed by atoms with Crippen molar-refractivity contribution in [1.29, 1.82) is 0 Å². The second kappa shape index (κ2) is 9.04. The molecule has 1 amide bonds. The van der Waals surface area contributed by atoms with Crippen LogP contribution >= 0.6 is 0 Å². The Labute approximate surface area is 185 Å². The molecule has 0 N–H and O–H groups in total. The molecular weight excluding hydrogens is 384 g/mol. The number of carbonyl (C=O) groups excluding carboxylic acids is 1. The van der Waals surface area contributed by atoms with Crippen molar-refractivity contribution in [2.24, 2.45) is 13.0 Å². The average Bonchev–Trinajstić information content (AvgIpc) is 3.19. The van der Waals surface area contributed by atoms with Gasteiger partial charge in [0, 0.05) is 48.8 Å². The number of hydrogen-bond donors (Lipinski definition) is 0. The Balaban J connectivity index is 1.61. The second-order valence-electron chi connectivity index (χ2n) is 9.00. The summed E-state index contributed by atoms with van der Waals surface area (Å²) in [7, 11) is 1.90. The van der Waals surface area contributed by atoms with Gasteiger partial charge in [0.1, 0.15) is 0 Å². The Morgan fingerprint density at radius 2 is 1.94 bits per heavy atom. The summed E-state index contributed by atoms with van der Waals surface area (Å²) in [5.74, 6) is 0.616. The second-order valence-corrected chi connectivity index (χ2v) is 9.00. The smallest absolute Gasteiger partial charge is 0.254 e. The Bertz CT molecular complexity index is 1050. The topological polar surface area (TPSA) is 51.0 Å². The standard InChI is InChI=1S/C26H32N4O/c1-18-8-11-23(21-16-28-29(4)17-21)24(14-18)26(31)30-13-5-6-20(3)25(30)12-10-22-9-7-19(2)15-27-22/h7-9,11,14-17,20,25H,5-6,10,12-13H2,1-4H3/t20-,25-/m1/s1. The van der Waals surface area contributed by atoms with Crippen molar-refractivity contribution in [2.75, 3.05) is 6.54 Å². The molecule has 0 aliphatic carbocycles. The van der Waals surface area contributed by atoms with Gasteiger partial charge in [0.2, 0.25) is 0 Å². The lowest BCUT2D eigenvalue weighted by atomic mass is 9.86. The molecule has 5 heteroatoms. The first-order valence-corrected chi connectivity index (χ1v) is 11.2. The number of nitrogens with zero attached hydrogens (tertiary/aromatic N) is 4. The van der Waals surface area contributed by atoms with Crippen molar-refractivity contribution in [3.63, 3.8) is 0 Å². The molecule has 1 fully saturated rings. The van der Waals surface area contributed by atoms with Gasteiger partial charge in [0.15, 0.2) is 0 Å². The van der Waals surface area contributed by atoms with Gasteiger partial charge >= 0.3 is 0 Å². The van der Waals surface area contributed by atoms with Crippen LogP contribution in [0.4, 0.5) is 0 Å².